The van der Waals surface area contributed by atoms with Crippen molar-refractivity contribution < 1.29 is 0 Å². The quantitative estimate of drug-likeness (QED) is 0.162. The summed E-state index contributed by atoms with van der Waals surface area (Å²) < 4.78 is 2.38. The normalized spacial score (nSPS) is 13.0. The minimum atomic E-state index is -0.186. The van der Waals surface area contributed by atoms with Gasteiger partial charge in [0, 0.05) is 38.2 Å². The third-order valence-corrected chi connectivity index (χ3v) is 13.9. The van der Waals surface area contributed by atoms with Crippen molar-refractivity contribution in [3.05, 3.63) is 224 Å². The van der Waals surface area contributed by atoms with E-state index in [1.54, 1.807) is 0 Å². The molecule has 0 spiro atoms. The number of nitrogens with zero attached hydrogens (tertiary/aromatic N) is 3. The van der Waals surface area contributed by atoms with E-state index in [0.29, 0.717) is 0 Å². The van der Waals surface area contributed by atoms with Gasteiger partial charge in [-0.3, -0.25) is 4.98 Å². The molecule has 0 unspecified atom stereocenters. The smallest absolute Gasteiger partial charge is 0.0979 e. The second-order valence-corrected chi connectivity index (χ2v) is 17.8. The molecular weight excluding hydrogens is 775 g/mol. The zero-order valence-electron chi connectivity index (χ0n) is 35.5. The molecule has 3 heteroatoms. The maximum atomic E-state index is 5.31. The average molecular weight is 816 g/mol. The van der Waals surface area contributed by atoms with Crippen LogP contribution in [0.1, 0.15) is 25.0 Å². The lowest BCUT2D eigenvalue weighted by Crippen LogP contribution is -2.15. The molecule has 0 bridgehead atoms. The lowest BCUT2D eigenvalue weighted by Gasteiger charge is -2.22. The number of hydrogen-bond acceptors (Lipinski definition) is 2. The summed E-state index contributed by atoms with van der Waals surface area (Å²) in [6.07, 6.45) is 1.95. The molecule has 0 amide bonds. The van der Waals surface area contributed by atoms with E-state index in [1.807, 2.05) is 6.20 Å². The molecule has 1 aliphatic rings. The Labute approximate surface area is 371 Å². The van der Waals surface area contributed by atoms with Crippen molar-refractivity contribution in [3.63, 3.8) is 0 Å². The van der Waals surface area contributed by atoms with Gasteiger partial charge in [-0.1, -0.05) is 184 Å². The number of fused-ring (bicyclic) bond motifs is 12. The molecule has 0 saturated heterocycles. The summed E-state index contributed by atoms with van der Waals surface area (Å²) in [5.74, 6) is 0. The predicted molar refractivity (Wildman–Crippen MR) is 268 cm³/mol. The first-order valence-corrected chi connectivity index (χ1v) is 22.1. The number of hydrogen-bond donors (Lipinski definition) is 0. The van der Waals surface area contributed by atoms with Crippen LogP contribution in [-0.4, -0.2) is 14.5 Å². The van der Waals surface area contributed by atoms with Crippen molar-refractivity contribution in [1.82, 2.24) is 14.5 Å². The Balaban J connectivity index is 0.786. The van der Waals surface area contributed by atoms with Crippen molar-refractivity contribution in [2.75, 3.05) is 0 Å². The fourth-order valence-electron chi connectivity index (χ4n) is 10.6. The SMILES string of the molecule is CC1(C)c2cc(-c3ccc(-c4ccc(-c5ccc6c7ccccc7n(-c7ccccc7)c6c5)cc4)cc3)ccc2-c2ccc(-c3cnc4c5ccccc5c5ccccc5c4n3)cc21. The highest BCUT2D eigenvalue weighted by Gasteiger charge is 2.36. The molecule has 0 fully saturated rings. The summed E-state index contributed by atoms with van der Waals surface area (Å²) >= 11 is 0. The standard InChI is InChI=1S/C61H41N3/c1-61(2)54-34-42(28-31-48(54)49-32-30-44(35-55(49)61)56-37-62-59-52-17-8-6-14-46(52)47-15-7-9-18-53(47)60(59)63-56)40-24-20-38(21-25-40)39-22-26-41(27-23-39)43-29-33-51-50-16-10-11-19-57(50)64(58(51)36-43)45-12-4-3-5-13-45/h3-37H,1-2H3. The molecule has 0 saturated carbocycles. The van der Waals surface area contributed by atoms with Gasteiger partial charge < -0.3 is 4.57 Å². The van der Waals surface area contributed by atoms with Gasteiger partial charge in [-0.15, -0.1) is 0 Å². The second-order valence-electron chi connectivity index (χ2n) is 17.8. The largest absolute Gasteiger partial charge is 0.309 e. The molecule has 0 atom stereocenters. The minimum Gasteiger partial charge on any atom is -0.309 e. The van der Waals surface area contributed by atoms with Crippen LogP contribution in [0.2, 0.25) is 0 Å². The van der Waals surface area contributed by atoms with Crippen LogP contribution in [0.3, 0.4) is 0 Å². The highest BCUT2D eigenvalue weighted by atomic mass is 15.0. The fourth-order valence-corrected chi connectivity index (χ4v) is 10.6. The molecule has 3 nitrogen and oxygen atoms in total. The Hall–Kier alpha value is -8.14. The van der Waals surface area contributed by atoms with E-state index in [4.69, 9.17) is 9.97 Å². The lowest BCUT2D eigenvalue weighted by atomic mass is 9.81. The monoisotopic (exact) mass is 815 g/mol. The first-order valence-electron chi connectivity index (χ1n) is 22.1. The molecule has 64 heavy (non-hydrogen) atoms. The Morgan fingerprint density at radius 2 is 0.812 bits per heavy atom. The topological polar surface area (TPSA) is 30.7 Å². The molecule has 2 aromatic heterocycles. The Morgan fingerprint density at radius 3 is 1.45 bits per heavy atom. The predicted octanol–water partition coefficient (Wildman–Crippen LogP) is 16.0. The van der Waals surface area contributed by atoms with Crippen LogP contribution in [0, 0.1) is 0 Å². The van der Waals surface area contributed by atoms with Crippen LogP contribution in [0.15, 0.2) is 212 Å². The summed E-state index contributed by atoms with van der Waals surface area (Å²) in [4.78, 5) is 10.4. The Bertz CT molecular complexity index is 3800. The zero-order chi connectivity index (χ0) is 42.5. The van der Waals surface area contributed by atoms with E-state index >= 15 is 0 Å². The van der Waals surface area contributed by atoms with Crippen molar-refractivity contribution >= 4 is 54.4 Å². The van der Waals surface area contributed by atoms with Gasteiger partial charge in [-0.2, -0.15) is 0 Å². The number of aromatic nitrogens is 3. The average Bonchev–Trinajstić information content (AvgIpc) is 3.81. The van der Waals surface area contributed by atoms with Crippen LogP contribution >= 0.6 is 0 Å². The second kappa shape index (κ2) is 13.9. The lowest BCUT2D eigenvalue weighted by molar-refractivity contribution is 0.661. The first kappa shape index (κ1) is 36.5. The van der Waals surface area contributed by atoms with Gasteiger partial charge in [0.05, 0.1) is 34.0 Å². The third kappa shape index (κ3) is 5.54. The van der Waals surface area contributed by atoms with Crippen molar-refractivity contribution in [2.24, 2.45) is 0 Å². The van der Waals surface area contributed by atoms with Gasteiger partial charge in [0.1, 0.15) is 0 Å². The van der Waals surface area contributed by atoms with Crippen LogP contribution in [0.25, 0.3) is 116 Å². The molecule has 12 aromatic rings. The molecule has 0 radical (unpaired) electrons. The maximum Gasteiger partial charge on any atom is 0.0979 e. The van der Waals surface area contributed by atoms with Gasteiger partial charge >= 0.3 is 0 Å². The summed E-state index contributed by atoms with van der Waals surface area (Å²) in [6.45, 7) is 4.70. The van der Waals surface area contributed by atoms with Gasteiger partial charge in [0.2, 0.25) is 0 Å². The van der Waals surface area contributed by atoms with Crippen LogP contribution in [-0.2, 0) is 5.41 Å². The Morgan fingerprint density at radius 1 is 0.359 bits per heavy atom. The molecular formula is C61H41N3. The van der Waals surface area contributed by atoms with Crippen LogP contribution in [0.5, 0.6) is 0 Å². The van der Waals surface area contributed by atoms with Gasteiger partial charge in [0.15, 0.2) is 0 Å². The third-order valence-electron chi connectivity index (χ3n) is 13.9. The highest BCUT2D eigenvalue weighted by Crippen LogP contribution is 2.51. The minimum absolute atomic E-state index is 0.186. The number of rotatable bonds is 5. The summed E-state index contributed by atoms with van der Waals surface area (Å²) in [6, 6.07) is 75.2. The molecule has 2 heterocycles. The molecule has 10 aromatic carbocycles. The summed E-state index contributed by atoms with van der Waals surface area (Å²) in [5.41, 5.74) is 19.8. The van der Waals surface area contributed by atoms with Crippen molar-refractivity contribution in [1.29, 1.82) is 0 Å². The van der Waals surface area contributed by atoms with E-state index in [0.717, 1.165) is 33.1 Å². The summed E-state index contributed by atoms with van der Waals surface area (Å²) in [7, 11) is 0. The highest BCUT2D eigenvalue weighted by molar-refractivity contribution is 6.23. The van der Waals surface area contributed by atoms with E-state index in [9.17, 15) is 0 Å². The van der Waals surface area contributed by atoms with Gasteiger partial charge in [-0.25, -0.2) is 4.98 Å². The van der Waals surface area contributed by atoms with Crippen molar-refractivity contribution in [2.45, 2.75) is 19.3 Å². The van der Waals surface area contributed by atoms with E-state index in [2.05, 4.69) is 225 Å². The molecule has 0 aliphatic heterocycles. The molecule has 13 rings (SSSR count). The number of para-hydroxylation sites is 2. The maximum absolute atomic E-state index is 5.31. The Kier molecular flexibility index (Phi) is 7.95. The zero-order valence-corrected chi connectivity index (χ0v) is 35.5. The molecule has 0 N–H and O–H groups in total. The fraction of sp³-hybridized carbons (Fsp3) is 0.0492. The van der Waals surface area contributed by atoms with E-state index in [1.165, 1.54) is 93.9 Å². The van der Waals surface area contributed by atoms with Gasteiger partial charge in [0.25, 0.3) is 0 Å². The van der Waals surface area contributed by atoms with Crippen LogP contribution < -0.4 is 0 Å². The molecule has 1 aliphatic carbocycles. The van der Waals surface area contributed by atoms with Gasteiger partial charge in [-0.05, 0) is 103 Å². The summed E-state index contributed by atoms with van der Waals surface area (Å²) in [5, 5.41) is 7.21. The molecule has 300 valence electrons. The van der Waals surface area contributed by atoms with E-state index in [-0.39, 0.29) is 5.41 Å². The van der Waals surface area contributed by atoms with Crippen molar-refractivity contribution in [3.8, 4) is 61.5 Å². The van der Waals surface area contributed by atoms with Crippen LogP contribution in [0.4, 0.5) is 0 Å². The number of benzene rings is 10. The van der Waals surface area contributed by atoms with E-state index < -0.39 is 0 Å². The first-order chi connectivity index (χ1) is 31.5.